The first kappa shape index (κ1) is 36.1. The number of anilines is 1. The monoisotopic (exact) mass is 685 g/mol. The molecule has 0 radical (unpaired) electrons. The molecule has 254 valence electrons. The number of aromatic nitrogens is 2. The van der Waals surface area contributed by atoms with E-state index in [2.05, 4.69) is 28.5 Å². The molecule has 2 heterocycles. The number of amides is 2. The van der Waals surface area contributed by atoms with Crippen molar-refractivity contribution >= 4 is 39.6 Å². The van der Waals surface area contributed by atoms with Gasteiger partial charge in [-0.3, -0.25) is 4.79 Å². The maximum absolute atomic E-state index is 14.0. The van der Waals surface area contributed by atoms with E-state index in [9.17, 15) is 23.1 Å². The first-order valence-electron chi connectivity index (χ1n) is 15.6. The van der Waals surface area contributed by atoms with Crippen LogP contribution in [0.25, 0.3) is 11.3 Å². The predicted octanol–water partition coefficient (Wildman–Crippen LogP) is 6.07. The molecule has 2 atom stereocenters. The van der Waals surface area contributed by atoms with Crippen molar-refractivity contribution in [3.05, 3.63) is 70.4 Å². The number of benzene rings is 2. The van der Waals surface area contributed by atoms with Gasteiger partial charge in [0.1, 0.15) is 10.8 Å². The molecule has 2 aromatic carbocycles. The number of aliphatic hydroxyl groups excluding tert-OH is 1. The van der Waals surface area contributed by atoms with Gasteiger partial charge in [0.15, 0.2) is 0 Å². The molecule has 47 heavy (non-hydrogen) atoms. The summed E-state index contributed by atoms with van der Waals surface area (Å²) in [5.74, 6) is -0.339. The molecule has 0 saturated carbocycles. The van der Waals surface area contributed by atoms with E-state index in [0.29, 0.717) is 18.0 Å². The van der Waals surface area contributed by atoms with E-state index in [-0.39, 0.29) is 41.2 Å². The van der Waals surface area contributed by atoms with Crippen molar-refractivity contribution in [1.82, 2.24) is 19.8 Å². The zero-order valence-corrected chi connectivity index (χ0v) is 29.5. The number of halogens is 1. The van der Waals surface area contributed by atoms with Crippen LogP contribution in [0.5, 0.6) is 0 Å². The highest BCUT2D eigenvalue weighted by Gasteiger charge is 2.36. The van der Waals surface area contributed by atoms with Crippen molar-refractivity contribution in [2.45, 2.75) is 84.0 Å². The second kappa shape index (κ2) is 14.6. The Hall–Kier alpha value is -3.74. The highest BCUT2D eigenvalue weighted by atomic mass is 35.5. The van der Waals surface area contributed by atoms with Gasteiger partial charge >= 0.3 is 6.09 Å². The Kier molecular flexibility index (Phi) is 11.2. The summed E-state index contributed by atoms with van der Waals surface area (Å²) < 4.78 is 35.1. The van der Waals surface area contributed by atoms with Gasteiger partial charge in [-0.15, -0.1) is 0 Å². The summed E-state index contributed by atoms with van der Waals surface area (Å²) in [6, 6.07) is 12.6. The van der Waals surface area contributed by atoms with E-state index in [1.54, 1.807) is 26.8 Å². The third kappa shape index (κ3) is 9.42. The molecule has 11 nitrogen and oxygen atoms in total. The van der Waals surface area contributed by atoms with Crippen LogP contribution in [0.2, 0.25) is 5.15 Å². The number of ether oxygens (including phenoxy) is 1. The molecule has 1 aromatic heterocycles. The van der Waals surface area contributed by atoms with Crippen LogP contribution in [-0.2, 0) is 14.8 Å². The van der Waals surface area contributed by atoms with Crippen molar-refractivity contribution < 1.29 is 27.9 Å². The maximum atomic E-state index is 14.0. The molecule has 1 saturated heterocycles. The van der Waals surface area contributed by atoms with Gasteiger partial charge in [-0.2, -0.15) is 0 Å². The third-order valence-electron chi connectivity index (χ3n) is 7.75. The van der Waals surface area contributed by atoms with Gasteiger partial charge in [-0.25, -0.2) is 27.9 Å². The van der Waals surface area contributed by atoms with Crippen molar-refractivity contribution in [2.75, 3.05) is 24.4 Å². The average Bonchev–Trinajstić information content (AvgIpc) is 3.13. The van der Waals surface area contributed by atoms with E-state index < -0.39 is 39.8 Å². The molecule has 2 N–H and O–H groups in total. The fraction of sp³-hybridized carbons (Fsp3) is 0.471. The fourth-order valence-corrected chi connectivity index (χ4v) is 6.74. The molecule has 3 aromatic rings. The van der Waals surface area contributed by atoms with E-state index >= 15 is 0 Å². The van der Waals surface area contributed by atoms with Crippen molar-refractivity contribution in [1.29, 1.82) is 0 Å². The van der Waals surface area contributed by atoms with E-state index in [1.807, 2.05) is 32.0 Å². The Morgan fingerprint density at radius 2 is 1.70 bits per heavy atom. The molecule has 2 amide bonds. The zero-order valence-electron chi connectivity index (χ0n) is 27.9. The van der Waals surface area contributed by atoms with Crippen LogP contribution in [0.3, 0.4) is 0 Å². The van der Waals surface area contributed by atoms with Gasteiger partial charge in [0.2, 0.25) is 5.95 Å². The molecule has 0 aliphatic carbocycles. The summed E-state index contributed by atoms with van der Waals surface area (Å²) in [7, 11) is -4.25. The van der Waals surface area contributed by atoms with E-state index in [1.165, 1.54) is 34.1 Å². The highest BCUT2D eigenvalue weighted by Crippen LogP contribution is 2.29. The summed E-state index contributed by atoms with van der Waals surface area (Å²) in [5.41, 5.74) is 2.56. The lowest BCUT2D eigenvalue weighted by Crippen LogP contribution is -2.46. The molecule has 0 unspecified atom stereocenters. The second-order valence-corrected chi connectivity index (χ2v) is 15.5. The Labute approximate surface area is 282 Å². The van der Waals surface area contributed by atoms with Crippen LogP contribution < -0.4 is 4.72 Å². The molecule has 1 fully saturated rings. The van der Waals surface area contributed by atoms with Gasteiger partial charge in [0.25, 0.3) is 15.9 Å². The van der Waals surface area contributed by atoms with Gasteiger partial charge in [-0.1, -0.05) is 49.7 Å². The molecule has 1 aliphatic heterocycles. The number of hydrogen-bond donors (Lipinski definition) is 2. The van der Waals surface area contributed by atoms with Crippen LogP contribution in [0.1, 0.15) is 68.9 Å². The Bertz CT molecular complexity index is 1710. The standard InChI is InChI=1S/C34H44ClN5O6S/c1-21(2)14-15-25-18-39(33(43)46-34(5,6)7)19-26(41)20-40(25)31(42)24-12-9-13-27(16-24)47(44,45)38-32-36-28(17-29(35)37-32)30-22(3)10-8-11-23(30)4/h8-13,16-17,21,25-26,41H,14-15,18-20H2,1-7H3,(H,36,37,38)/t25-,26+/m0/s1. The summed E-state index contributed by atoms with van der Waals surface area (Å²) in [6.45, 7) is 13.4. The first-order chi connectivity index (χ1) is 21.9. The van der Waals surface area contributed by atoms with E-state index in [4.69, 9.17) is 16.3 Å². The number of rotatable bonds is 8. The molecule has 0 spiro atoms. The fourth-order valence-electron chi connectivity index (χ4n) is 5.56. The third-order valence-corrected chi connectivity index (χ3v) is 9.27. The maximum Gasteiger partial charge on any atom is 0.410 e. The first-order valence-corrected chi connectivity index (χ1v) is 17.5. The number of carbonyl (C=O) groups is 2. The summed E-state index contributed by atoms with van der Waals surface area (Å²) in [6.07, 6.45) is -0.253. The lowest BCUT2D eigenvalue weighted by molar-refractivity contribution is 0.0172. The minimum absolute atomic E-state index is 0.00113. The SMILES string of the molecule is Cc1cccc(C)c1-c1cc(Cl)nc(NS(=O)(=O)c2cccc(C(=O)N3C[C@H](O)CN(C(=O)OC(C)(C)C)C[C@@H]3CCC(C)C)c2)n1. The molecule has 1 aliphatic rings. The number of nitrogens with zero attached hydrogens (tertiary/aromatic N) is 4. The summed E-state index contributed by atoms with van der Waals surface area (Å²) >= 11 is 6.29. The number of nitrogens with one attached hydrogen (secondary N) is 1. The number of aryl methyl sites for hydroxylation is 2. The number of carbonyl (C=O) groups excluding carboxylic acids is 2. The second-order valence-electron chi connectivity index (χ2n) is 13.4. The molecular weight excluding hydrogens is 642 g/mol. The van der Waals surface area contributed by atoms with Crippen LogP contribution >= 0.6 is 11.6 Å². The molecule has 4 rings (SSSR count). The quantitative estimate of drug-likeness (QED) is 0.272. The molecule has 13 heteroatoms. The van der Waals surface area contributed by atoms with Gasteiger partial charge in [-0.05, 0) is 82.7 Å². The molecular formula is C34H44ClN5O6S. The molecule has 0 bridgehead atoms. The number of hydrogen-bond acceptors (Lipinski definition) is 8. The minimum Gasteiger partial charge on any atom is -0.444 e. The zero-order chi connectivity index (χ0) is 34.7. The number of aliphatic hydroxyl groups is 1. The minimum atomic E-state index is -4.25. The normalized spacial score (nSPS) is 17.4. The summed E-state index contributed by atoms with van der Waals surface area (Å²) in [4.78, 5) is 38.4. The Balaban J connectivity index is 1.62. The van der Waals surface area contributed by atoms with Crippen LogP contribution in [0.4, 0.5) is 10.7 Å². The predicted molar refractivity (Wildman–Crippen MR) is 182 cm³/mol. The largest absolute Gasteiger partial charge is 0.444 e. The summed E-state index contributed by atoms with van der Waals surface area (Å²) in [5, 5.41) is 11.0. The van der Waals surface area contributed by atoms with E-state index in [0.717, 1.165) is 23.1 Å². The average molecular weight is 686 g/mol. The van der Waals surface area contributed by atoms with Crippen LogP contribution in [0.15, 0.2) is 53.4 Å². The Morgan fingerprint density at radius 1 is 1.04 bits per heavy atom. The van der Waals surface area contributed by atoms with Crippen LogP contribution in [-0.4, -0.2) is 82.7 Å². The van der Waals surface area contributed by atoms with Crippen LogP contribution in [0, 0.1) is 19.8 Å². The lowest BCUT2D eigenvalue weighted by atomic mass is 10.00. The topological polar surface area (TPSA) is 142 Å². The highest BCUT2D eigenvalue weighted by molar-refractivity contribution is 7.92. The smallest absolute Gasteiger partial charge is 0.410 e. The van der Waals surface area contributed by atoms with Crippen molar-refractivity contribution in [3.63, 3.8) is 0 Å². The Morgan fingerprint density at radius 3 is 2.34 bits per heavy atom. The van der Waals surface area contributed by atoms with Gasteiger partial charge in [0.05, 0.1) is 23.2 Å². The van der Waals surface area contributed by atoms with Crippen molar-refractivity contribution in [3.8, 4) is 11.3 Å². The van der Waals surface area contributed by atoms with Crippen molar-refractivity contribution in [2.24, 2.45) is 5.92 Å². The van der Waals surface area contributed by atoms with Gasteiger partial charge in [0, 0.05) is 36.3 Å². The van der Waals surface area contributed by atoms with Gasteiger partial charge < -0.3 is 19.6 Å². The number of β-amino-alcohol motifs (C(OH)–C–C–N with tert-alkyl or cyclic N) is 1. The number of sulfonamides is 1. The lowest BCUT2D eigenvalue weighted by Gasteiger charge is -2.33.